The molecule has 7 heteroatoms. The number of halogens is 2. The van der Waals surface area contributed by atoms with Gasteiger partial charge >= 0.3 is 5.97 Å². The molecule has 0 saturated heterocycles. The minimum atomic E-state index is -1.07. The Balaban J connectivity index is 2.49. The summed E-state index contributed by atoms with van der Waals surface area (Å²) in [6, 6.07) is 3.73. The van der Waals surface area contributed by atoms with Gasteiger partial charge in [0, 0.05) is 18.4 Å². The second kappa shape index (κ2) is 7.49. The fourth-order valence-corrected chi connectivity index (χ4v) is 2.77. The van der Waals surface area contributed by atoms with Gasteiger partial charge in [-0.25, -0.2) is 9.18 Å². The van der Waals surface area contributed by atoms with Gasteiger partial charge in [0.15, 0.2) is 0 Å². The first-order valence-electron chi connectivity index (χ1n) is 5.41. The van der Waals surface area contributed by atoms with E-state index in [1.54, 1.807) is 12.1 Å². The molecule has 0 aliphatic rings. The molecule has 0 fully saturated rings. The van der Waals surface area contributed by atoms with E-state index in [1.165, 1.54) is 24.8 Å². The summed E-state index contributed by atoms with van der Waals surface area (Å²) in [6.07, 6.45) is 0. The Morgan fingerprint density at radius 1 is 1.53 bits per heavy atom. The number of hydrogen-bond donors (Lipinski definition) is 2. The molecular weight excluding hydrogens is 337 g/mol. The van der Waals surface area contributed by atoms with E-state index >= 15 is 0 Å². The van der Waals surface area contributed by atoms with Gasteiger partial charge in [-0.3, -0.25) is 4.79 Å². The van der Waals surface area contributed by atoms with Crippen molar-refractivity contribution in [2.75, 3.05) is 5.75 Å². The van der Waals surface area contributed by atoms with E-state index in [1.807, 2.05) is 0 Å². The van der Waals surface area contributed by atoms with Crippen LogP contribution in [0.3, 0.4) is 0 Å². The van der Waals surface area contributed by atoms with Crippen molar-refractivity contribution in [3.8, 4) is 0 Å². The van der Waals surface area contributed by atoms with Gasteiger partial charge in [-0.2, -0.15) is 11.8 Å². The number of carbonyl (C=O) groups is 2. The smallest absolute Gasteiger partial charge is 0.327 e. The molecule has 0 aromatic heterocycles. The van der Waals surface area contributed by atoms with Crippen LogP contribution >= 0.6 is 27.7 Å². The normalized spacial score (nSPS) is 11.9. The Labute approximate surface area is 122 Å². The number of amides is 1. The van der Waals surface area contributed by atoms with Crippen molar-refractivity contribution < 1.29 is 19.1 Å². The molecule has 1 atom stereocenters. The highest BCUT2D eigenvalue weighted by molar-refractivity contribution is 9.10. The van der Waals surface area contributed by atoms with E-state index in [9.17, 15) is 14.0 Å². The van der Waals surface area contributed by atoms with Crippen LogP contribution in [0.15, 0.2) is 22.7 Å². The minimum Gasteiger partial charge on any atom is -0.480 e. The SMILES string of the molecule is CC(=O)N[C@@H](CSCc1ccc(F)c(Br)c1)C(=O)O. The summed E-state index contributed by atoms with van der Waals surface area (Å²) in [7, 11) is 0. The summed E-state index contributed by atoms with van der Waals surface area (Å²) in [5, 5.41) is 11.3. The number of rotatable bonds is 6. The van der Waals surface area contributed by atoms with Crippen LogP contribution < -0.4 is 5.32 Å². The molecule has 0 heterocycles. The van der Waals surface area contributed by atoms with Crippen LogP contribution in [-0.2, 0) is 15.3 Å². The van der Waals surface area contributed by atoms with E-state index in [-0.39, 0.29) is 17.5 Å². The molecule has 0 unspecified atom stereocenters. The maximum atomic E-state index is 13.0. The first-order valence-corrected chi connectivity index (χ1v) is 7.36. The Morgan fingerprint density at radius 2 is 2.21 bits per heavy atom. The second-order valence-electron chi connectivity index (χ2n) is 3.85. The number of carbonyl (C=O) groups excluding carboxylic acids is 1. The molecule has 1 rings (SSSR count). The van der Waals surface area contributed by atoms with Gasteiger partial charge in [0.1, 0.15) is 11.9 Å². The number of carboxylic acid groups (broad SMARTS) is 1. The average Bonchev–Trinajstić information content (AvgIpc) is 2.31. The molecule has 0 radical (unpaired) electrons. The number of carboxylic acids is 1. The third-order valence-electron chi connectivity index (χ3n) is 2.21. The van der Waals surface area contributed by atoms with Crippen molar-refractivity contribution in [3.05, 3.63) is 34.1 Å². The average molecular weight is 350 g/mol. The molecule has 1 aromatic rings. The van der Waals surface area contributed by atoms with Gasteiger partial charge < -0.3 is 10.4 Å². The highest BCUT2D eigenvalue weighted by Crippen LogP contribution is 2.20. The van der Waals surface area contributed by atoms with E-state index in [0.29, 0.717) is 10.2 Å². The maximum Gasteiger partial charge on any atom is 0.327 e. The fourth-order valence-electron chi connectivity index (χ4n) is 1.34. The van der Waals surface area contributed by atoms with E-state index in [0.717, 1.165) is 5.56 Å². The Morgan fingerprint density at radius 3 is 2.74 bits per heavy atom. The summed E-state index contributed by atoms with van der Waals surface area (Å²) in [5.41, 5.74) is 0.880. The van der Waals surface area contributed by atoms with Gasteiger partial charge in [-0.05, 0) is 33.6 Å². The predicted octanol–water partition coefficient (Wildman–Crippen LogP) is 2.41. The monoisotopic (exact) mass is 349 g/mol. The minimum absolute atomic E-state index is 0.254. The van der Waals surface area contributed by atoms with Crippen LogP contribution in [0.1, 0.15) is 12.5 Å². The van der Waals surface area contributed by atoms with E-state index < -0.39 is 12.0 Å². The highest BCUT2D eigenvalue weighted by Gasteiger charge is 2.17. The van der Waals surface area contributed by atoms with Crippen molar-refractivity contribution in [1.82, 2.24) is 5.32 Å². The number of aliphatic carboxylic acids is 1. The number of benzene rings is 1. The third kappa shape index (κ3) is 5.61. The largest absolute Gasteiger partial charge is 0.480 e. The van der Waals surface area contributed by atoms with Gasteiger partial charge in [-0.1, -0.05) is 6.07 Å². The van der Waals surface area contributed by atoms with Crippen molar-refractivity contribution in [3.63, 3.8) is 0 Å². The van der Waals surface area contributed by atoms with Gasteiger partial charge in [0.2, 0.25) is 5.91 Å². The number of thioether (sulfide) groups is 1. The summed E-state index contributed by atoms with van der Waals surface area (Å²) in [6.45, 7) is 1.28. The Hall–Kier alpha value is -1.08. The van der Waals surface area contributed by atoms with Crippen molar-refractivity contribution in [2.45, 2.75) is 18.7 Å². The molecule has 0 aliphatic heterocycles. The van der Waals surface area contributed by atoms with Crippen molar-refractivity contribution in [1.29, 1.82) is 0 Å². The van der Waals surface area contributed by atoms with Gasteiger partial charge in [0.05, 0.1) is 4.47 Å². The van der Waals surface area contributed by atoms with E-state index in [2.05, 4.69) is 21.2 Å². The number of hydrogen-bond acceptors (Lipinski definition) is 3. The third-order valence-corrected chi connectivity index (χ3v) is 3.93. The quantitative estimate of drug-likeness (QED) is 0.827. The zero-order valence-corrected chi connectivity index (χ0v) is 12.6. The zero-order valence-electron chi connectivity index (χ0n) is 10.2. The lowest BCUT2D eigenvalue weighted by molar-refractivity contribution is -0.140. The molecule has 0 bridgehead atoms. The van der Waals surface area contributed by atoms with Crippen LogP contribution in [0.25, 0.3) is 0 Å². The first kappa shape index (κ1) is 16.0. The molecule has 4 nitrogen and oxygen atoms in total. The van der Waals surface area contributed by atoms with Crippen LogP contribution in [0.4, 0.5) is 4.39 Å². The molecule has 0 spiro atoms. The van der Waals surface area contributed by atoms with Crippen molar-refractivity contribution in [2.24, 2.45) is 0 Å². The fraction of sp³-hybridized carbons (Fsp3) is 0.333. The summed E-state index contributed by atoms with van der Waals surface area (Å²) < 4.78 is 13.4. The highest BCUT2D eigenvalue weighted by atomic mass is 79.9. The standard InChI is InChI=1S/C12H13BrFNO3S/c1-7(16)15-11(12(17)18)6-19-5-8-2-3-10(14)9(13)4-8/h2-4,11H,5-6H2,1H3,(H,15,16)(H,17,18)/t11-/m0/s1. The molecular formula is C12H13BrFNO3S. The molecule has 2 N–H and O–H groups in total. The van der Waals surface area contributed by atoms with Crippen molar-refractivity contribution >= 4 is 39.6 Å². The second-order valence-corrected chi connectivity index (χ2v) is 5.74. The van der Waals surface area contributed by atoms with Crippen LogP contribution in [0.5, 0.6) is 0 Å². The molecule has 1 aromatic carbocycles. The Bertz CT molecular complexity index is 484. The van der Waals surface area contributed by atoms with Gasteiger partial charge in [0.25, 0.3) is 0 Å². The maximum absolute atomic E-state index is 13.0. The van der Waals surface area contributed by atoms with Crippen LogP contribution in [0.2, 0.25) is 0 Å². The lowest BCUT2D eigenvalue weighted by atomic mass is 10.2. The predicted molar refractivity (Wildman–Crippen MR) is 75.5 cm³/mol. The lowest BCUT2D eigenvalue weighted by Gasteiger charge is -2.12. The molecule has 104 valence electrons. The van der Waals surface area contributed by atoms with E-state index in [4.69, 9.17) is 5.11 Å². The van der Waals surface area contributed by atoms with Gasteiger partial charge in [-0.15, -0.1) is 0 Å². The molecule has 0 saturated carbocycles. The lowest BCUT2D eigenvalue weighted by Crippen LogP contribution is -2.41. The summed E-state index contributed by atoms with van der Waals surface area (Å²) in [5.74, 6) is -0.984. The molecule has 0 aliphatic carbocycles. The zero-order chi connectivity index (χ0) is 14.4. The first-order chi connectivity index (χ1) is 8.90. The van der Waals surface area contributed by atoms with Crippen LogP contribution in [-0.4, -0.2) is 28.8 Å². The topological polar surface area (TPSA) is 66.4 Å². The number of nitrogens with one attached hydrogen (secondary N) is 1. The van der Waals surface area contributed by atoms with Crippen LogP contribution in [0, 0.1) is 5.82 Å². The summed E-state index contributed by atoms with van der Waals surface area (Å²) >= 11 is 4.45. The molecule has 19 heavy (non-hydrogen) atoms. The molecule has 1 amide bonds. The summed E-state index contributed by atoms with van der Waals surface area (Å²) in [4.78, 5) is 21.7. The Kier molecular flexibility index (Phi) is 6.30.